The molecule has 0 bridgehead atoms. The molecule has 1 aliphatic rings. The van der Waals surface area contributed by atoms with E-state index in [-0.39, 0.29) is 49.9 Å². The van der Waals surface area contributed by atoms with Gasteiger partial charge in [-0.15, -0.1) is 0 Å². The second kappa shape index (κ2) is 8.37. The molecule has 0 spiro atoms. The van der Waals surface area contributed by atoms with E-state index >= 15 is 0 Å². The van der Waals surface area contributed by atoms with Gasteiger partial charge in [-0.05, 0) is 31.7 Å². The van der Waals surface area contributed by atoms with E-state index < -0.39 is 17.3 Å². The first-order chi connectivity index (χ1) is 11.8. The lowest BCUT2D eigenvalue weighted by atomic mass is 10.1. The zero-order valence-corrected chi connectivity index (χ0v) is 13.8. The molecule has 140 valence electrons. The Morgan fingerprint density at radius 3 is 2.76 bits per heavy atom. The normalized spacial score (nSPS) is 15.7. The molecule has 1 atom stereocenters. The molecule has 1 saturated carbocycles. The summed E-state index contributed by atoms with van der Waals surface area (Å²) >= 11 is 0. The number of H-pyrrole nitrogens is 1. The van der Waals surface area contributed by atoms with Gasteiger partial charge in [-0.3, -0.25) is 9.59 Å². The summed E-state index contributed by atoms with van der Waals surface area (Å²) in [5.74, 6) is -0.199. The monoisotopic (exact) mass is 362 g/mol. The Morgan fingerprint density at radius 2 is 2.16 bits per heavy atom. The molecule has 0 saturated heterocycles. The molecule has 9 heteroatoms. The van der Waals surface area contributed by atoms with E-state index in [0.29, 0.717) is 0 Å². The zero-order chi connectivity index (χ0) is 18.4. The van der Waals surface area contributed by atoms with Crippen LogP contribution in [0.1, 0.15) is 31.7 Å². The molecule has 0 aliphatic heterocycles. The van der Waals surface area contributed by atoms with E-state index in [1.807, 2.05) is 4.98 Å². The van der Waals surface area contributed by atoms with E-state index in [0.717, 1.165) is 12.8 Å². The number of rotatable bonds is 9. The van der Waals surface area contributed by atoms with Gasteiger partial charge in [0, 0.05) is 6.20 Å². The number of ether oxygens (including phenoxy) is 2. The summed E-state index contributed by atoms with van der Waals surface area (Å²) in [5, 5.41) is 2.79. The third kappa shape index (κ3) is 5.77. The highest BCUT2D eigenvalue weighted by molar-refractivity contribution is 5.69. The van der Waals surface area contributed by atoms with Crippen LogP contribution < -0.4 is 10.9 Å². The van der Waals surface area contributed by atoms with Gasteiger partial charge < -0.3 is 19.8 Å². The van der Waals surface area contributed by atoms with Gasteiger partial charge >= 0.3 is 12.1 Å². The molecule has 6 nitrogen and oxygen atoms in total. The summed E-state index contributed by atoms with van der Waals surface area (Å²) in [6, 6.07) is 0.836. The fourth-order valence-corrected chi connectivity index (χ4v) is 2.47. The maximum atomic E-state index is 13.1. The van der Waals surface area contributed by atoms with Crippen LogP contribution in [0.15, 0.2) is 17.1 Å². The summed E-state index contributed by atoms with van der Waals surface area (Å²) < 4.78 is 49.5. The lowest BCUT2D eigenvalue weighted by Crippen LogP contribution is -2.32. The van der Waals surface area contributed by atoms with Gasteiger partial charge in [0.05, 0.1) is 38.0 Å². The Hall–Kier alpha value is -2.03. The number of carbonyl (C=O) groups is 1. The molecule has 0 amide bonds. The number of anilines is 1. The molecular formula is C16H21F3N2O4. The second-order valence-corrected chi connectivity index (χ2v) is 5.81. The highest BCUT2D eigenvalue weighted by Crippen LogP contribution is 2.37. The summed E-state index contributed by atoms with van der Waals surface area (Å²) in [6.45, 7) is 2.26. The lowest BCUT2D eigenvalue weighted by Gasteiger charge is -2.22. The number of hydrogen-bond acceptors (Lipinski definition) is 5. The first kappa shape index (κ1) is 19.3. The minimum Gasteiger partial charge on any atom is -0.466 e. The number of carbonyl (C=O) groups excluding carboxylic acids is 1. The third-order valence-electron chi connectivity index (χ3n) is 3.83. The number of aromatic amines is 1. The highest BCUT2D eigenvalue weighted by Gasteiger charge is 2.39. The van der Waals surface area contributed by atoms with Crippen molar-refractivity contribution in [1.29, 1.82) is 0 Å². The lowest BCUT2D eigenvalue weighted by molar-refractivity contribution is -0.144. The number of hydrogen-bond donors (Lipinski definition) is 2. The van der Waals surface area contributed by atoms with Crippen molar-refractivity contribution >= 4 is 11.7 Å². The van der Waals surface area contributed by atoms with Crippen LogP contribution in [0, 0.1) is 5.92 Å². The Morgan fingerprint density at radius 1 is 1.44 bits per heavy atom. The van der Waals surface area contributed by atoms with Crippen molar-refractivity contribution in [3.8, 4) is 0 Å². The van der Waals surface area contributed by atoms with Crippen molar-refractivity contribution in [2.24, 2.45) is 5.92 Å². The first-order valence-electron chi connectivity index (χ1n) is 8.11. The Kier molecular flexibility index (Phi) is 6.46. The number of pyridine rings is 1. The van der Waals surface area contributed by atoms with Crippen LogP contribution >= 0.6 is 0 Å². The molecule has 1 heterocycles. The number of aromatic nitrogens is 1. The molecule has 1 aromatic heterocycles. The molecular weight excluding hydrogens is 341 g/mol. The summed E-state index contributed by atoms with van der Waals surface area (Å²) in [5.41, 5.74) is -2.69. The van der Waals surface area contributed by atoms with Crippen molar-refractivity contribution in [2.75, 3.05) is 25.1 Å². The van der Waals surface area contributed by atoms with Crippen LogP contribution in [0.2, 0.25) is 0 Å². The molecule has 0 aromatic carbocycles. The van der Waals surface area contributed by atoms with Crippen molar-refractivity contribution in [1.82, 2.24) is 4.98 Å². The van der Waals surface area contributed by atoms with E-state index in [2.05, 4.69) is 5.32 Å². The van der Waals surface area contributed by atoms with Crippen LogP contribution in [0.5, 0.6) is 0 Å². The van der Waals surface area contributed by atoms with Gasteiger partial charge in [-0.25, -0.2) is 0 Å². The van der Waals surface area contributed by atoms with E-state index in [9.17, 15) is 22.8 Å². The number of halogens is 3. The topological polar surface area (TPSA) is 80.4 Å². The van der Waals surface area contributed by atoms with Crippen LogP contribution in [0.4, 0.5) is 18.9 Å². The van der Waals surface area contributed by atoms with Crippen molar-refractivity contribution in [3.63, 3.8) is 0 Å². The average molecular weight is 362 g/mol. The highest BCUT2D eigenvalue weighted by atomic mass is 19.4. The van der Waals surface area contributed by atoms with Gasteiger partial charge in [0.15, 0.2) is 0 Å². The van der Waals surface area contributed by atoms with Crippen LogP contribution in [0.25, 0.3) is 0 Å². The SMILES string of the molecule is CCOC(=O)CCOC[C@@H](Nc1cc[nH]c(=O)c1C(F)(F)F)C1CC1. The largest absolute Gasteiger partial charge is 0.466 e. The predicted molar refractivity (Wildman–Crippen MR) is 84.3 cm³/mol. The van der Waals surface area contributed by atoms with Gasteiger partial charge in [0.2, 0.25) is 0 Å². The number of esters is 1. The van der Waals surface area contributed by atoms with Crippen molar-refractivity contribution < 1.29 is 27.4 Å². The molecule has 0 radical (unpaired) electrons. The van der Waals surface area contributed by atoms with Crippen molar-refractivity contribution in [3.05, 3.63) is 28.2 Å². The Labute approximate surface area is 142 Å². The number of alkyl halides is 3. The van der Waals surface area contributed by atoms with E-state index in [4.69, 9.17) is 9.47 Å². The molecule has 1 aliphatic carbocycles. The number of nitrogens with one attached hydrogen (secondary N) is 2. The molecule has 2 N–H and O–H groups in total. The molecule has 25 heavy (non-hydrogen) atoms. The fraction of sp³-hybridized carbons (Fsp3) is 0.625. The standard InChI is InChI=1S/C16H21F3N2O4/c1-2-25-13(22)6-8-24-9-12(10-3-4-10)21-11-5-7-20-15(23)14(11)16(17,18)19/h5,7,10,12H,2-4,6,8-9H2,1H3,(H2,20,21,23)/t12-/m1/s1. The molecule has 1 aromatic rings. The van der Waals surface area contributed by atoms with Crippen LogP contribution in [0.3, 0.4) is 0 Å². The van der Waals surface area contributed by atoms with Gasteiger partial charge in [0.25, 0.3) is 5.56 Å². The van der Waals surface area contributed by atoms with Crippen molar-refractivity contribution in [2.45, 2.75) is 38.4 Å². The average Bonchev–Trinajstić information content (AvgIpc) is 3.34. The zero-order valence-electron chi connectivity index (χ0n) is 13.8. The van der Waals surface area contributed by atoms with Gasteiger partial charge in [-0.2, -0.15) is 13.2 Å². The summed E-state index contributed by atoms with van der Waals surface area (Å²) in [6.07, 6.45) is -1.74. The van der Waals surface area contributed by atoms with E-state index in [1.165, 1.54) is 12.3 Å². The first-order valence-corrected chi connectivity index (χ1v) is 8.11. The van der Waals surface area contributed by atoms with Crippen LogP contribution in [-0.4, -0.2) is 36.8 Å². The van der Waals surface area contributed by atoms with Crippen LogP contribution in [-0.2, 0) is 20.4 Å². The van der Waals surface area contributed by atoms with Gasteiger partial charge in [-0.1, -0.05) is 0 Å². The second-order valence-electron chi connectivity index (χ2n) is 5.81. The minimum atomic E-state index is -4.75. The molecule has 0 unspecified atom stereocenters. The summed E-state index contributed by atoms with van der Waals surface area (Å²) in [4.78, 5) is 24.8. The summed E-state index contributed by atoms with van der Waals surface area (Å²) in [7, 11) is 0. The quantitative estimate of drug-likeness (QED) is 0.521. The smallest absolute Gasteiger partial charge is 0.423 e. The maximum absolute atomic E-state index is 13.1. The maximum Gasteiger partial charge on any atom is 0.423 e. The molecule has 1 fully saturated rings. The minimum absolute atomic E-state index is 0.0873. The third-order valence-corrected chi connectivity index (χ3v) is 3.83. The van der Waals surface area contributed by atoms with E-state index in [1.54, 1.807) is 6.92 Å². The molecule has 2 rings (SSSR count). The Bertz CT molecular complexity index is 641. The Balaban J connectivity index is 1.98. The predicted octanol–water partition coefficient (Wildman–Crippen LogP) is 2.55. The fourth-order valence-electron chi connectivity index (χ4n) is 2.47. The van der Waals surface area contributed by atoms with Gasteiger partial charge in [0.1, 0.15) is 5.56 Å².